The molecule has 0 spiro atoms. The van der Waals surface area contributed by atoms with E-state index in [1.807, 2.05) is 6.07 Å². The van der Waals surface area contributed by atoms with Gasteiger partial charge in [0.1, 0.15) is 5.82 Å². The van der Waals surface area contributed by atoms with Gasteiger partial charge in [0.05, 0.1) is 10.6 Å². The number of rotatable bonds is 4. The van der Waals surface area contributed by atoms with Crippen molar-refractivity contribution in [1.82, 2.24) is 0 Å². The molecule has 84 valence electrons. The van der Waals surface area contributed by atoms with E-state index in [1.165, 1.54) is 6.07 Å². The summed E-state index contributed by atoms with van der Waals surface area (Å²) >= 11 is 3.24. The van der Waals surface area contributed by atoms with E-state index in [2.05, 4.69) is 22.9 Å². The van der Waals surface area contributed by atoms with E-state index < -0.39 is 0 Å². The molecule has 3 heteroatoms. The Balaban J connectivity index is 2.68. The fourth-order valence-electron chi connectivity index (χ4n) is 1.75. The number of hydrogen-bond acceptors (Lipinski definition) is 1. The Morgan fingerprint density at radius 1 is 1.40 bits per heavy atom. The first-order valence-corrected chi connectivity index (χ1v) is 5.91. The van der Waals surface area contributed by atoms with Gasteiger partial charge in [-0.15, -0.1) is 0 Å². The van der Waals surface area contributed by atoms with E-state index in [0.29, 0.717) is 10.4 Å². The van der Waals surface area contributed by atoms with Gasteiger partial charge in [-0.1, -0.05) is 19.1 Å². The minimum Gasteiger partial charge on any atom is -0.393 e. The Bertz CT molecular complexity index is 325. The predicted octanol–water partition coefficient (Wildman–Crippen LogP) is 3.54. The van der Waals surface area contributed by atoms with E-state index in [9.17, 15) is 9.50 Å². The molecule has 1 nitrogen and oxygen atoms in total. The predicted molar refractivity (Wildman–Crippen MR) is 63.3 cm³/mol. The smallest absolute Gasteiger partial charge is 0.137 e. The molecule has 1 aromatic carbocycles. The van der Waals surface area contributed by atoms with Crippen molar-refractivity contribution in [1.29, 1.82) is 0 Å². The first kappa shape index (κ1) is 12.7. The van der Waals surface area contributed by atoms with Gasteiger partial charge in [-0.05, 0) is 53.2 Å². The van der Waals surface area contributed by atoms with Crippen molar-refractivity contribution < 1.29 is 9.50 Å². The van der Waals surface area contributed by atoms with E-state index in [0.717, 1.165) is 18.4 Å². The molecule has 1 aromatic rings. The second-order valence-electron chi connectivity index (χ2n) is 4.11. The van der Waals surface area contributed by atoms with Crippen molar-refractivity contribution in [2.45, 2.75) is 32.8 Å². The van der Waals surface area contributed by atoms with Gasteiger partial charge in [-0.3, -0.25) is 0 Å². The van der Waals surface area contributed by atoms with Crippen LogP contribution in [0, 0.1) is 11.7 Å². The van der Waals surface area contributed by atoms with Crippen LogP contribution in [0.1, 0.15) is 25.8 Å². The normalized spacial score (nSPS) is 15.0. The Labute approximate surface area is 98.4 Å². The van der Waals surface area contributed by atoms with Crippen molar-refractivity contribution in [3.05, 3.63) is 34.1 Å². The van der Waals surface area contributed by atoms with Crippen LogP contribution >= 0.6 is 15.9 Å². The van der Waals surface area contributed by atoms with Crippen molar-refractivity contribution >= 4 is 15.9 Å². The van der Waals surface area contributed by atoms with Crippen molar-refractivity contribution in [3.63, 3.8) is 0 Å². The Kier molecular flexibility index (Phi) is 4.74. The zero-order valence-electron chi connectivity index (χ0n) is 9.00. The largest absolute Gasteiger partial charge is 0.393 e. The summed E-state index contributed by atoms with van der Waals surface area (Å²) in [5, 5.41) is 9.24. The molecule has 0 aliphatic rings. The van der Waals surface area contributed by atoms with E-state index >= 15 is 0 Å². The summed E-state index contributed by atoms with van der Waals surface area (Å²) in [6.45, 7) is 3.83. The van der Waals surface area contributed by atoms with Crippen molar-refractivity contribution in [2.24, 2.45) is 5.92 Å². The Hall–Kier alpha value is -0.410. The molecule has 1 N–H and O–H groups in total. The van der Waals surface area contributed by atoms with E-state index in [4.69, 9.17) is 0 Å². The van der Waals surface area contributed by atoms with Crippen LogP contribution in [0.3, 0.4) is 0 Å². The molecule has 0 amide bonds. The molecule has 1 rings (SSSR count). The molecule has 2 unspecified atom stereocenters. The molecule has 0 saturated carbocycles. The third kappa shape index (κ3) is 3.92. The average molecular weight is 275 g/mol. The molecule has 15 heavy (non-hydrogen) atoms. The zero-order chi connectivity index (χ0) is 11.4. The summed E-state index contributed by atoms with van der Waals surface area (Å²) in [7, 11) is 0. The molecule has 0 aliphatic carbocycles. The van der Waals surface area contributed by atoms with Crippen LogP contribution in [0.15, 0.2) is 22.7 Å². The molecule has 0 fully saturated rings. The standard InChI is InChI=1S/C12H16BrFO/c1-8(6-9(2)15)7-10-4-3-5-11(14)12(10)13/h3-5,8-9,15H,6-7H2,1-2H3. The zero-order valence-corrected chi connectivity index (χ0v) is 10.6. The van der Waals surface area contributed by atoms with Gasteiger partial charge in [0.25, 0.3) is 0 Å². The van der Waals surface area contributed by atoms with Gasteiger partial charge in [0, 0.05) is 0 Å². The lowest BCUT2D eigenvalue weighted by Gasteiger charge is -2.14. The fourth-order valence-corrected chi connectivity index (χ4v) is 2.17. The summed E-state index contributed by atoms with van der Waals surface area (Å²) in [6, 6.07) is 5.06. The minimum atomic E-state index is -0.299. The first-order valence-electron chi connectivity index (χ1n) is 5.11. The lowest BCUT2D eigenvalue weighted by atomic mass is 9.96. The molecule has 0 radical (unpaired) electrons. The van der Waals surface area contributed by atoms with Crippen molar-refractivity contribution in [3.8, 4) is 0 Å². The first-order chi connectivity index (χ1) is 7.00. The van der Waals surface area contributed by atoms with Crippen LogP contribution in [0.4, 0.5) is 4.39 Å². The molecule has 0 aromatic heterocycles. The van der Waals surface area contributed by atoms with E-state index in [1.54, 1.807) is 13.0 Å². The Morgan fingerprint density at radius 3 is 2.67 bits per heavy atom. The van der Waals surface area contributed by atoms with Gasteiger partial charge in [0.15, 0.2) is 0 Å². The van der Waals surface area contributed by atoms with Crippen LogP contribution < -0.4 is 0 Å². The maximum absolute atomic E-state index is 13.2. The maximum atomic E-state index is 13.2. The molecule has 0 saturated heterocycles. The molecular formula is C12H16BrFO. The SMILES string of the molecule is CC(O)CC(C)Cc1cccc(F)c1Br. The highest BCUT2D eigenvalue weighted by molar-refractivity contribution is 9.10. The summed E-state index contributed by atoms with van der Waals surface area (Å²) in [5.41, 5.74) is 0.961. The van der Waals surface area contributed by atoms with Gasteiger partial charge in [-0.25, -0.2) is 4.39 Å². The monoisotopic (exact) mass is 274 g/mol. The number of aliphatic hydroxyl groups excluding tert-OH is 1. The van der Waals surface area contributed by atoms with Crippen LogP contribution in [0.2, 0.25) is 0 Å². The fraction of sp³-hybridized carbons (Fsp3) is 0.500. The molecule has 0 heterocycles. The van der Waals surface area contributed by atoms with Gasteiger partial charge in [-0.2, -0.15) is 0 Å². The molecule has 0 bridgehead atoms. The van der Waals surface area contributed by atoms with Gasteiger partial charge >= 0.3 is 0 Å². The third-order valence-electron chi connectivity index (χ3n) is 2.34. The topological polar surface area (TPSA) is 20.2 Å². The summed E-state index contributed by atoms with van der Waals surface area (Å²) < 4.78 is 13.7. The molecular weight excluding hydrogens is 259 g/mol. The highest BCUT2D eigenvalue weighted by atomic mass is 79.9. The van der Waals surface area contributed by atoms with Crippen molar-refractivity contribution in [2.75, 3.05) is 0 Å². The van der Waals surface area contributed by atoms with Crippen LogP contribution in [0.5, 0.6) is 0 Å². The number of aliphatic hydroxyl groups is 1. The van der Waals surface area contributed by atoms with Crippen LogP contribution in [-0.4, -0.2) is 11.2 Å². The summed E-state index contributed by atoms with van der Waals surface area (Å²) in [5.74, 6) is 0.125. The quantitative estimate of drug-likeness (QED) is 0.891. The average Bonchev–Trinajstić information content (AvgIpc) is 2.11. The molecule has 2 atom stereocenters. The second-order valence-corrected chi connectivity index (χ2v) is 4.90. The summed E-state index contributed by atoms with van der Waals surface area (Å²) in [6.07, 6.45) is 1.22. The van der Waals surface area contributed by atoms with Gasteiger partial charge in [0.2, 0.25) is 0 Å². The highest BCUT2D eigenvalue weighted by Gasteiger charge is 2.11. The second kappa shape index (κ2) is 5.61. The number of hydrogen-bond donors (Lipinski definition) is 1. The third-order valence-corrected chi connectivity index (χ3v) is 3.23. The van der Waals surface area contributed by atoms with Crippen LogP contribution in [-0.2, 0) is 6.42 Å². The number of benzene rings is 1. The van der Waals surface area contributed by atoms with Crippen LogP contribution in [0.25, 0.3) is 0 Å². The summed E-state index contributed by atoms with van der Waals surface area (Å²) in [4.78, 5) is 0. The van der Waals surface area contributed by atoms with E-state index in [-0.39, 0.29) is 11.9 Å². The molecule has 0 aliphatic heterocycles. The lowest BCUT2D eigenvalue weighted by molar-refractivity contribution is 0.164. The maximum Gasteiger partial charge on any atom is 0.137 e. The number of halogens is 2. The highest BCUT2D eigenvalue weighted by Crippen LogP contribution is 2.24. The van der Waals surface area contributed by atoms with Gasteiger partial charge < -0.3 is 5.11 Å². The lowest BCUT2D eigenvalue weighted by Crippen LogP contribution is -2.09. The Morgan fingerprint density at radius 2 is 2.07 bits per heavy atom. The minimum absolute atomic E-state index is 0.225.